The molecule has 1 aliphatic heterocycles. The number of hydrogen-bond donors (Lipinski definition) is 3. The number of rotatable bonds is 5. The molecule has 0 saturated carbocycles. The Bertz CT molecular complexity index is 1060. The van der Waals surface area contributed by atoms with Gasteiger partial charge in [-0.15, -0.1) is 11.3 Å². The highest BCUT2D eigenvalue weighted by atomic mass is 32.1. The number of furan rings is 1. The number of nitrogens with zero attached hydrogens (tertiary/aromatic N) is 3. The number of carbonyl (C=O) groups is 4. The van der Waals surface area contributed by atoms with E-state index in [2.05, 4.69) is 10.2 Å². The Kier molecular flexibility index (Phi) is 7.52. The van der Waals surface area contributed by atoms with Crippen molar-refractivity contribution in [2.24, 2.45) is 0 Å². The number of ketones is 1. The lowest BCUT2D eigenvalue weighted by Crippen LogP contribution is -2.50. The maximum atomic E-state index is 12.6. The van der Waals surface area contributed by atoms with Gasteiger partial charge in [0.2, 0.25) is 5.78 Å². The van der Waals surface area contributed by atoms with Gasteiger partial charge in [-0.05, 0) is 29.6 Å². The van der Waals surface area contributed by atoms with Crippen LogP contribution in [0, 0.1) is 0 Å². The molecule has 3 N–H and O–H groups in total. The molecule has 1 aliphatic rings. The molecule has 12 heteroatoms. The third kappa shape index (κ3) is 5.89. The summed E-state index contributed by atoms with van der Waals surface area (Å²) >= 11 is 1.60. The van der Waals surface area contributed by atoms with Gasteiger partial charge in [0.25, 0.3) is 5.91 Å². The molecular weight excluding hydrogens is 440 g/mol. The van der Waals surface area contributed by atoms with Crippen LogP contribution in [-0.2, 0) is 9.59 Å². The van der Waals surface area contributed by atoms with Gasteiger partial charge in [0.15, 0.2) is 11.5 Å². The third-order valence-electron chi connectivity index (χ3n) is 4.59. The lowest BCUT2D eigenvalue weighted by Gasteiger charge is -2.33. The van der Waals surface area contributed by atoms with Crippen molar-refractivity contribution < 1.29 is 33.8 Å². The first-order valence-corrected chi connectivity index (χ1v) is 10.4. The molecule has 4 heterocycles. The Labute approximate surface area is 185 Å². The molecule has 0 atom stereocenters. The Morgan fingerprint density at radius 2 is 1.78 bits per heavy atom. The van der Waals surface area contributed by atoms with Crippen molar-refractivity contribution in [1.29, 1.82) is 0 Å². The van der Waals surface area contributed by atoms with Crippen LogP contribution in [0.4, 0.5) is 0 Å². The molecule has 0 aromatic carbocycles. The van der Waals surface area contributed by atoms with Crippen LogP contribution in [0.2, 0.25) is 0 Å². The fourth-order valence-electron chi connectivity index (χ4n) is 2.98. The van der Waals surface area contributed by atoms with Gasteiger partial charge < -0.3 is 19.5 Å². The maximum absolute atomic E-state index is 12.6. The van der Waals surface area contributed by atoms with E-state index in [1.807, 2.05) is 22.4 Å². The van der Waals surface area contributed by atoms with Crippen molar-refractivity contribution in [1.82, 2.24) is 20.0 Å². The predicted octanol–water partition coefficient (Wildman–Crippen LogP) is 1.53. The Morgan fingerprint density at radius 3 is 2.34 bits per heavy atom. The number of amides is 1. The standard InChI is InChI=1S/C18H18N4O3S.C2H2O4/c23-15(16-3-1-9-25-16)12-21-5-7-22(8-6-21)18(24)14-11-13(19-20-14)17-4-2-10-26-17;3-1(4)2(5)6/h1-4,9-11H,5-8,12H2,(H,19,20);(H,3,4)(H,5,6). The largest absolute Gasteiger partial charge is 0.473 e. The van der Waals surface area contributed by atoms with Crippen LogP contribution >= 0.6 is 11.3 Å². The molecule has 11 nitrogen and oxygen atoms in total. The molecule has 168 valence electrons. The van der Waals surface area contributed by atoms with E-state index in [4.69, 9.17) is 24.2 Å². The fraction of sp³-hybridized carbons (Fsp3) is 0.250. The summed E-state index contributed by atoms with van der Waals surface area (Å²) in [6.07, 6.45) is 1.50. The summed E-state index contributed by atoms with van der Waals surface area (Å²) in [4.78, 5) is 47.8. The minimum absolute atomic E-state index is 0.0392. The number of carboxylic acids is 2. The SMILES string of the molecule is O=C(CN1CCN(C(=O)c2cc(-c3cccs3)[nH]n2)CC1)c1ccco1.O=C(O)C(=O)O. The first-order valence-electron chi connectivity index (χ1n) is 9.49. The molecule has 3 aromatic heterocycles. The van der Waals surface area contributed by atoms with E-state index in [0.29, 0.717) is 44.2 Å². The van der Waals surface area contributed by atoms with Gasteiger partial charge in [-0.1, -0.05) is 6.07 Å². The number of H-pyrrole nitrogens is 1. The van der Waals surface area contributed by atoms with Crippen LogP contribution in [0.3, 0.4) is 0 Å². The molecule has 4 rings (SSSR count). The smallest absolute Gasteiger partial charge is 0.414 e. The molecule has 0 unspecified atom stereocenters. The number of Topliss-reactive ketones (excluding diaryl/α,β-unsaturated/α-hetero) is 1. The van der Waals surface area contributed by atoms with Gasteiger partial charge >= 0.3 is 11.9 Å². The van der Waals surface area contributed by atoms with Crippen LogP contribution < -0.4 is 0 Å². The molecule has 0 spiro atoms. The Morgan fingerprint density at radius 1 is 1.06 bits per heavy atom. The van der Waals surface area contributed by atoms with Gasteiger partial charge in [0, 0.05) is 26.2 Å². The topological polar surface area (TPSA) is 157 Å². The van der Waals surface area contributed by atoms with Crippen molar-refractivity contribution in [3.05, 3.63) is 53.4 Å². The first kappa shape index (κ1) is 22.9. The number of aliphatic carboxylic acids is 2. The number of hydrogen-bond acceptors (Lipinski definition) is 8. The molecule has 0 aliphatic carbocycles. The van der Waals surface area contributed by atoms with Crippen LogP contribution in [0.5, 0.6) is 0 Å². The van der Waals surface area contributed by atoms with Crippen molar-refractivity contribution >= 4 is 35.0 Å². The second kappa shape index (κ2) is 10.5. The average Bonchev–Trinajstić information content (AvgIpc) is 3.56. The Balaban J connectivity index is 0.000000427. The highest BCUT2D eigenvalue weighted by Crippen LogP contribution is 2.23. The number of thiophene rings is 1. The monoisotopic (exact) mass is 460 g/mol. The summed E-state index contributed by atoms with van der Waals surface area (Å²) in [6.45, 7) is 2.76. The zero-order valence-electron chi connectivity index (χ0n) is 16.8. The van der Waals surface area contributed by atoms with E-state index < -0.39 is 11.9 Å². The highest BCUT2D eigenvalue weighted by Gasteiger charge is 2.25. The van der Waals surface area contributed by atoms with E-state index in [9.17, 15) is 9.59 Å². The second-order valence-corrected chi connectivity index (χ2v) is 7.67. The molecule has 1 fully saturated rings. The van der Waals surface area contributed by atoms with Gasteiger partial charge in [-0.2, -0.15) is 5.10 Å². The molecule has 0 radical (unpaired) electrons. The molecule has 1 amide bonds. The van der Waals surface area contributed by atoms with Crippen LogP contribution in [0.15, 0.2) is 46.4 Å². The molecule has 1 saturated heterocycles. The quantitative estimate of drug-likeness (QED) is 0.379. The first-order chi connectivity index (χ1) is 15.3. The lowest BCUT2D eigenvalue weighted by molar-refractivity contribution is -0.159. The summed E-state index contributed by atoms with van der Waals surface area (Å²) in [5.41, 5.74) is 1.28. The normalized spacial score (nSPS) is 13.8. The van der Waals surface area contributed by atoms with E-state index in [1.165, 1.54) is 6.26 Å². The van der Waals surface area contributed by atoms with E-state index >= 15 is 0 Å². The van der Waals surface area contributed by atoms with Crippen LogP contribution in [0.25, 0.3) is 10.6 Å². The predicted molar refractivity (Wildman–Crippen MR) is 113 cm³/mol. The summed E-state index contributed by atoms with van der Waals surface area (Å²) in [6, 6.07) is 9.12. The Hall–Kier alpha value is -3.77. The minimum atomic E-state index is -1.82. The molecule has 32 heavy (non-hydrogen) atoms. The summed E-state index contributed by atoms with van der Waals surface area (Å²) in [5.74, 6) is -3.39. The van der Waals surface area contributed by atoms with Crippen LogP contribution in [-0.4, -0.2) is 86.6 Å². The van der Waals surface area contributed by atoms with Gasteiger partial charge in [0.1, 0.15) is 0 Å². The maximum Gasteiger partial charge on any atom is 0.414 e. The number of carbonyl (C=O) groups excluding carboxylic acids is 2. The van der Waals surface area contributed by atoms with Gasteiger partial charge in [0.05, 0.1) is 23.4 Å². The van der Waals surface area contributed by atoms with Gasteiger partial charge in [-0.25, -0.2) is 9.59 Å². The zero-order valence-corrected chi connectivity index (χ0v) is 17.6. The molecule has 3 aromatic rings. The molecule has 0 bridgehead atoms. The van der Waals surface area contributed by atoms with E-state index in [1.54, 1.807) is 34.4 Å². The summed E-state index contributed by atoms with van der Waals surface area (Å²) < 4.78 is 5.14. The van der Waals surface area contributed by atoms with Crippen molar-refractivity contribution in [2.75, 3.05) is 32.7 Å². The molecular formula is C20H20N4O7S. The minimum Gasteiger partial charge on any atom is -0.473 e. The number of piperazine rings is 1. The summed E-state index contributed by atoms with van der Waals surface area (Å²) in [7, 11) is 0. The number of aromatic amines is 1. The lowest BCUT2D eigenvalue weighted by atomic mass is 10.2. The highest BCUT2D eigenvalue weighted by molar-refractivity contribution is 7.13. The second-order valence-electron chi connectivity index (χ2n) is 6.72. The third-order valence-corrected chi connectivity index (χ3v) is 5.49. The number of carboxylic acid groups (broad SMARTS) is 2. The fourth-order valence-corrected chi connectivity index (χ4v) is 3.67. The van der Waals surface area contributed by atoms with Gasteiger partial charge in [-0.3, -0.25) is 19.6 Å². The number of aromatic nitrogens is 2. The van der Waals surface area contributed by atoms with Crippen molar-refractivity contribution in [2.45, 2.75) is 0 Å². The average molecular weight is 460 g/mol. The van der Waals surface area contributed by atoms with Crippen molar-refractivity contribution in [3.63, 3.8) is 0 Å². The zero-order chi connectivity index (χ0) is 23.1. The van der Waals surface area contributed by atoms with Crippen LogP contribution in [0.1, 0.15) is 21.0 Å². The van der Waals surface area contributed by atoms with Crippen molar-refractivity contribution in [3.8, 4) is 10.6 Å². The summed E-state index contributed by atoms with van der Waals surface area (Å²) in [5, 5.41) is 23.9. The van der Waals surface area contributed by atoms with E-state index in [-0.39, 0.29) is 11.7 Å². The van der Waals surface area contributed by atoms with E-state index in [0.717, 1.165) is 10.6 Å². The number of nitrogens with one attached hydrogen (secondary N) is 1.